The van der Waals surface area contributed by atoms with Gasteiger partial charge in [0.05, 0.1) is 11.8 Å². The highest BCUT2D eigenvalue weighted by atomic mass is 19.2. The van der Waals surface area contributed by atoms with Gasteiger partial charge in [-0.1, -0.05) is 0 Å². The Morgan fingerprint density at radius 2 is 2.05 bits per heavy atom. The normalized spacial score (nSPS) is 10.6. The summed E-state index contributed by atoms with van der Waals surface area (Å²) < 4.78 is 44.3. The fraction of sp³-hybridized carbons (Fsp3) is 0.231. The molecule has 2 rings (SSSR count). The van der Waals surface area contributed by atoms with Crippen molar-refractivity contribution in [1.29, 1.82) is 0 Å². The average molecular weight is 284 g/mol. The van der Waals surface area contributed by atoms with Crippen LogP contribution in [0.3, 0.4) is 0 Å². The van der Waals surface area contributed by atoms with E-state index in [0.717, 1.165) is 6.07 Å². The van der Waals surface area contributed by atoms with Gasteiger partial charge in [-0.05, 0) is 19.1 Å². The van der Waals surface area contributed by atoms with E-state index >= 15 is 0 Å². The van der Waals surface area contributed by atoms with E-state index in [-0.39, 0.29) is 6.54 Å². The second kappa shape index (κ2) is 5.77. The van der Waals surface area contributed by atoms with Crippen molar-refractivity contribution in [2.24, 2.45) is 0 Å². The Balaban J connectivity index is 1.97. The van der Waals surface area contributed by atoms with E-state index < -0.39 is 28.9 Å². The quantitative estimate of drug-likeness (QED) is 0.877. The van der Waals surface area contributed by atoms with Crippen LogP contribution in [0.2, 0.25) is 0 Å². The predicted molar refractivity (Wildman–Crippen MR) is 63.6 cm³/mol. The third kappa shape index (κ3) is 2.98. The van der Waals surface area contributed by atoms with Crippen LogP contribution in [0.1, 0.15) is 22.0 Å². The van der Waals surface area contributed by atoms with Gasteiger partial charge in [-0.3, -0.25) is 4.79 Å². The van der Waals surface area contributed by atoms with Gasteiger partial charge >= 0.3 is 0 Å². The fourth-order valence-electron chi connectivity index (χ4n) is 1.60. The van der Waals surface area contributed by atoms with Gasteiger partial charge in [0.2, 0.25) is 0 Å². The van der Waals surface area contributed by atoms with E-state index in [1.54, 1.807) is 6.92 Å². The van der Waals surface area contributed by atoms with Crippen molar-refractivity contribution in [2.75, 3.05) is 6.54 Å². The Bertz CT molecular complexity index is 641. The van der Waals surface area contributed by atoms with Crippen LogP contribution >= 0.6 is 0 Å². The van der Waals surface area contributed by atoms with Gasteiger partial charge in [0, 0.05) is 13.0 Å². The van der Waals surface area contributed by atoms with Crippen LogP contribution in [0.5, 0.6) is 0 Å². The van der Waals surface area contributed by atoms with Crippen molar-refractivity contribution in [2.45, 2.75) is 13.3 Å². The third-order valence-electron chi connectivity index (χ3n) is 2.57. The zero-order valence-corrected chi connectivity index (χ0v) is 10.5. The van der Waals surface area contributed by atoms with Crippen molar-refractivity contribution in [1.82, 2.24) is 10.3 Å². The lowest BCUT2D eigenvalue weighted by Crippen LogP contribution is -2.27. The van der Waals surface area contributed by atoms with Gasteiger partial charge in [0.1, 0.15) is 5.76 Å². The number of nitrogens with zero attached hydrogens (tertiary/aromatic N) is 1. The molecular formula is C13H11F3N2O2. The maximum absolute atomic E-state index is 13.4. The summed E-state index contributed by atoms with van der Waals surface area (Å²) in [4.78, 5) is 15.6. The van der Waals surface area contributed by atoms with Crippen LogP contribution in [-0.4, -0.2) is 17.4 Å². The topological polar surface area (TPSA) is 55.1 Å². The lowest BCUT2D eigenvalue weighted by molar-refractivity contribution is 0.0948. The van der Waals surface area contributed by atoms with Crippen molar-refractivity contribution in [3.63, 3.8) is 0 Å². The summed E-state index contributed by atoms with van der Waals surface area (Å²) in [6.07, 6.45) is 1.84. The average Bonchev–Trinajstić information content (AvgIpc) is 2.82. The van der Waals surface area contributed by atoms with Gasteiger partial charge in [-0.2, -0.15) is 0 Å². The number of benzene rings is 1. The van der Waals surface area contributed by atoms with Crippen LogP contribution in [0.4, 0.5) is 13.2 Å². The Morgan fingerprint density at radius 3 is 2.70 bits per heavy atom. The highest BCUT2D eigenvalue weighted by Crippen LogP contribution is 2.15. The molecule has 20 heavy (non-hydrogen) atoms. The van der Waals surface area contributed by atoms with E-state index in [2.05, 4.69) is 10.3 Å². The summed E-state index contributed by atoms with van der Waals surface area (Å²) in [6, 6.07) is 1.59. The molecule has 0 fully saturated rings. The standard InChI is InChI=1S/C13H11F3N2O2/c1-7-6-18-10(20-7)4-5-17-13(19)8-2-3-9(14)12(16)11(8)15/h2-3,6H,4-5H2,1H3,(H,17,19). The van der Waals surface area contributed by atoms with Gasteiger partial charge in [-0.25, -0.2) is 18.2 Å². The number of carbonyl (C=O) groups excluding carboxylic acids is 1. The number of oxazole rings is 1. The largest absolute Gasteiger partial charge is 0.446 e. The lowest BCUT2D eigenvalue weighted by atomic mass is 10.2. The number of aryl methyl sites for hydroxylation is 1. The number of halogens is 3. The first-order valence-corrected chi connectivity index (χ1v) is 5.82. The molecule has 7 heteroatoms. The Labute approximate surface area is 112 Å². The monoisotopic (exact) mass is 284 g/mol. The number of carbonyl (C=O) groups is 1. The summed E-state index contributed by atoms with van der Waals surface area (Å²) in [5, 5.41) is 2.38. The van der Waals surface area contributed by atoms with E-state index in [9.17, 15) is 18.0 Å². The van der Waals surface area contributed by atoms with Crippen molar-refractivity contribution in [3.8, 4) is 0 Å². The van der Waals surface area contributed by atoms with Gasteiger partial charge < -0.3 is 9.73 Å². The molecule has 0 aliphatic rings. The summed E-state index contributed by atoms with van der Waals surface area (Å²) in [6.45, 7) is 1.86. The minimum Gasteiger partial charge on any atom is -0.446 e. The van der Waals surface area contributed by atoms with E-state index in [1.807, 2.05) is 0 Å². The second-order valence-electron chi connectivity index (χ2n) is 4.09. The molecular weight excluding hydrogens is 273 g/mol. The number of hydrogen-bond donors (Lipinski definition) is 1. The van der Waals surface area contributed by atoms with Crippen molar-refractivity contribution >= 4 is 5.91 Å². The Kier molecular flexibility index (Phi) is 4.07. The van der Waals surface area contributed by atoms with Crippen LogP contribution in [-0.2, 0) is 6.42 Å². The molecule has 1 heterocycles. The maximum atomic E-state index is 13.4. The molecule has 4 nitrogen and oxygen atoms in total. The molecule has 0 bridgehead atoms. The summed E-state index contributed by atoms with van der Waals surface area (Å²) in [5.41, 5.74) is -0.549. The van der Waals surface area contributed by atoms with Crippen LogP contribution in [0, 0.1) is 24.4 Å². The molecule has 0 aliphatic carbocycles. The Hall–Kier alpha value is -2.31. The molecule has 0 aliphatic heterocycles. The molecule has 2 aromatic rings. The molecule has 0 saturated carbocycles. The van der Waals surface area contributed by atoms with Crippen LogP contribution in [0.15, 0.2) is 22.7 Å². The third-order valence-corrected chi connectivity index (χ3v) is 2.57. The zero-order valence-electron chi connectivity index (χ0n) is 10.5. The van der Waals surface area contributed by atoms with Crippen LogP contribution in [0.25, 0.3) is 0 Å². The molecule has 1 N–H and O–H groups in total. The maximum Gasteiger partial charge on any atom is 0.254 e. The molecule has 1 aromatic carbocycles. The number of aromatic nitrogens is 1. The molecule has 1 amide bonds. The first kappa shape index (κ1) is 14.1. The molecule has 0 saturated heterocycles. The minimum atomic E-state index is -1.67. The van der Waals surface area contributed by atoms with Gasteiger partial charge in [0.25, 0.3) is 5.91 Å². The van der Waals surface area contributed by atoms with Crippen molar-refractivity contribution in [3.05, 3.63) is 53.0 Å². The summed E-state index contributed by atoms with van der Waals surface area (Å²) in [7, 11) is 0. The molecule has 0 radical (unpaired) electrons. The van der Waals surface area contributed by atoms with Gasteiger partial charge in [0.15, 0.2) is 23.3 Å². The number of hydrogen-bond acceptors (Lipinski definition) is 3. The molecule has 1 aromatic heterocycles. The SMILES string of the molecule is Cc1cnc(CCNC(=O)c2ccc(F)c(F)c2F)o1. The number of amides is 1. The van der Waals surface area contributed by atoms with Crippen LogP contribution < -0.4 is 5.32 Å². The molecule has 106 valence electrons. The van der Waals surface area contributed by atoms with E-state index in [0.29, 0.717) is 24.1 Å². The molecule has 0 atom stereocenters. The number of rotatable bonds is 4. The second-order valence-corrected chi connectivity index (χ2v) is 4.09. The van der Waals surface area contributed by atoms with E-state index in [4.69, 9.17) is 4.42 Å². The van der Waals surface area contributed by atoms with E-state index in [1.165, 1.54) is 6.20 Å². The smallest absolute Gasteiger partial charge is 0.254 e. The fourth-order valence-corrected chi connectivity index (χ4v) is 1.60. The van der Waals surface area contributed by atoms with Gasteiger partial charge in [-0.15, -0.1) is 0 Å². The molecule has 0 unspecified atom stereocenters. The Morgan fingerprint density at radius 1 is 1.30 bits per heavy atom. The molecule has 0 spiro atoms. The lowest BCUT2D eigenvalue weighted by Gasteiger charge is -2.05. The van der Waals surface area contributed by atoms with Crippen molar-refractivity contribution < 1.29 is 22.4 Å². The highest BCUT2D eigenvalue weighted by Gasteiger charge is 2.18. The first-order chi connectivity index (χ1) is 9.49. The predicted octanol–water partition coefficient (Wildman–Crippen LogP) is 2.37. The summed E-state index contributed by atoms with van der Waals surface area (Å²) in [5.74, 6) is -4.28. The number of nitrogens with one attached hydrogen (secondary N) is 1. The zero-order chi connectivity index (χ0) is 14.7. The summed E-state index contributed by atoms with van der Waals surface area (Å²) >= 11 is 0. The first-order valence-electron chi connectivity index (χ1n) is 5.82. The minimum absolute atomic E-state index is 0.136. The highest BCUT2D eigenvalue weighted by molar-refractivity contribution is 5.94.